The zero-order chi connectivity index (χ0) is 40.2. The van der Waals surface area contributed by atoms with E-state index in [9.17, 15) is 4.79 Å². The van der Waals surface area contributed by atoms with Crippen LogP contribution in [0.2, 0.25) is 0 Å². The Bertz CT molecular complexity index is 907. The molecule has 0 radical (unpaired) electrons. The predicted molar refractivity (Wildman–Crippen MR) is 234 cm³/mol. The summed E-state index contributed by atoms with van der Waals surface area (Å²) in [5.41, 5.74) is 1.93. The van der Waals surface area contributed by atoms with E-state index in [-0.39, 0.29) is 16.8 Å². The Kier molecular flexibility index (Phi) is 33.9. The maximum absolute atomic E-state index is 12.9. The second kappa shape index (κ2) is 35.3. The molecule has 0 saturated heterocycles. The van der Waals surface area contributed by atoms with Crippen LogP contribution in [0.4, 0.5) is 0 Å². The van der Waals surface area contributed by atoms with Gasteiger partial charge in [-0.15, -0.1) is 0 Å². The van der Waals surface area contributed by atoms with Gasteiger partial charge in [-0.3, -0.25) is 4.79 Å². The molecule has 2 unspecified atom stereocenters. The number of hydrogen-bond acceptors (Lipinski definition) is 5. The summed E-state index contributed by atoms with van der Waals surface area (Å²) < 4.78 is 24.4. The first-order valence-corrected chi connectivity index (χ1v) is 22.4. The van der Waals surface area contributed by atoms with Crippen molar-refractivity contribution in [3.63, 3.8) is 0 Å². The molecule has 0 fully saturated rings. The number of allylic oxidation sites excluding steroid dienone is 4. The third-order valence-corrected chi connectivity index (χ3v) is 11.4. The highest BCUT2D eigenvalue weighted by molar-refractivity contribution is 5.69. The third-order valence-electron chi connectivity index (χ3n) is 11.4. The van der Waals surface area contributed by atoms with Crippen molar-refractivity contribution in [2.75, 3.05) is 39.6 Å². The maximum atomic E-state index is 12.9. The van der Waals surface area contributed by atoms with Crippen LogP contribution < -0.4 is 0 Å². The van der Waals surface area contributed by atoms with E-state index in [1.807, 2.05) is 6.08 Å². The topological polar surface area (TPSA) is 54.0 Å². The molecule has 5 heteroatoms. The van der Waals surface area contributed by atoms with Crippen molar-refractivity contribution in [2.24, 2.45) is 10.8 Å². The van der Waals surface area contributed by atoms with E-state index >= 15 is 0 Å². The van der Waals surface area contributed by atoms with Gasteiger partial charge < -0.3 is 18.9 Å². The fourth-order valence-electron chi connectivity index (χ4n) is 6.74. The largest absolute Gasteiger partial charge is 0.494 e. The van der Waals surface area contributed by atoms with Gasteiger partial charge in [0, 0.05) is 30.5 Å². The molecule has 314 valence electrons. The van der Waals surface area contributed by atoms with Gasteiger partial charge in [0.25, 0.3) is 0 Å². The number of hydrogen-bond donors (Lipinski definition) is 0. The minimum atomic E-state index is -0.207. The number of unbranched alkanes of at least 4 members (excludes halogenated alkanes) is 15. The molecule has 0 aliphatic heterocycles. The molecule has 0 bridgehead atoms. The van der Waals surface area contributed by atoms with E-state index in [0.717, 1.165) is 89.4 Å². The fraction of sp³-hybridized carbons (Fsp3) is 0.776. The van der Waals surface area contributed by atoms with Gasteiger partial charge >= 0.3 is 5.97 Å². The minimum Gasteiger partial charge on any atom is -0.494 e. The fourth-order valence-corrected chi connectivity index (χ4v) is 6.74. The lowest BCUT2D eigenvalue weighted by molar-refractivity contribution is -0.149. The van der Waals surface area contributed by atoms with Crippen LogP contribution in [0, 0.1) is 10.8 Å². The molecule has 0 aromatic rings. The maximum Gasteiger partial charge on any atom is 0.305 e. The summed E-state index contributed by atoms with van der Waals surface area (Å²) in [4.78, 5) is 12.9. The molecule has 0 N–H and O–H groups in total. The Morgan fingerprint density at radius 2 is 0.944 bits per heavy atom. The smallest absolute Gasteiger partial charge is 0.305 e. The van der Waals surface area contributed by atoms with Crippen LogP contribution in [0.3, 0.4) is 0 Å². The van der Waals surface area contributed by atoms with Gasteiger partial charge in [0.05, 0.1) is 26.4 Å². The molecule has 0 aliphatic carbocycles. The van der Waals surface area contributed by atoms with Crippen LogP contribution in [0.1, 0.15) is 195 Å². The van der Waals surface area contributed by atoms with E-state index in [2.05, 4.69) is 60.6 Å². The van der Waals surface area contributed by atoms with Crippen LogP contribution in [-0.2, 0) is 23.7 Å². The molecule has 2 atom stereocenters. The minimum absolute atomic E-state index is 0.0970. The van der Waals surface area contributed by atoms with Crippen molar-refractivity contribution in [1.82, 2.24) is 0 Å². The average molecular weight is 757 g/mol. The third kappa shape index (κ3) is 28.3. The van der Waals surface area contributed by atoms with Crippen LogP contribution in [0.5, 0.6) is 0 Å². The van der Waals surface area contributed by atoms with Gasteiger partial charge in [0.15, 0.2) is 0 Å². The summed E-state index contributed by atoms with van der Waals surface area (Å²) in [7, 11) is 0. The van der Waals surface area contributed by atoms with Crippen LogP contribution in [0.15, 0.2) is 62.0 Å². The summed E-state index contributed by atoms with van der Waals surface area (Å²) in [6.07, 6.45) is 32.6. The normalized spacial score (nSPS) is 13.5. The van der Waals surface area contributed by atoms with Crippen molar-refractivity contribution in [2.45, 2.75) is 195 Å². The molecule has 0 spiro atoms. The van der Waals surface area contributed by atoms with Gasteiger partial charge in [0.2, 0.25) is 0 Å². The predicted octanol–water partition coefficient (Wildman–Crippen LogP) is 14.8. The molecule has 0 rings (SSSR count). The quantitative estimate of drug-likeness (QED) is 0.0204. The van der Waals surface area contributed by atoms with E-state index < -0.39 is 0 Å². The Hall–Kier alpha value is -2.11. The zero-order valence-electron chi connectivity index (χ0n) is 36.4. The number of esters is 1. The first-order chi connectivity index (χ1) is 26.1. The van der Waals surface area contributed by atoms with E-state index in [0.29, 0.717) is 38.6 Å². The molecule has 0 saturated carbocycles. The SMILES string of the molecule is C=CC(=C)CCC(CC)(COCCCCCCCCCC)COC(=O)CCCCC(=C)CCC(CC)(COCCCCCCCCCC)COC(=C)C=C. The molecule has 0 aliphatic rings. The van der Waals surface area contributed by atoms with Crippen molar-refractivity contribution >= 4 is 5.97 Å². The highest BCUT2D eigenvalue weighted by atomic mass is 16.5. The second-order valence-electron chi connectivity index (χ2n) is 16.2. The summed E-state index contributed by atoms with van der Waals surface area (Å²) in [5, 5.41) is 0. The first kappa shape index (κ1) is 51.9. The first-order valence-electron chi connectivity index (χ1n) is 22.4. The number of carbonyl (C=O) groups is 1. The van der Waals surface area contributed by atoms with E-state index in [1.165, 1.54) is 95.5 Å². The van der Waals surface area contributed by atoms with Gasteiger partial charge in [-0.25, -0.2) is 0 Å². The van der Waals surface area contributed by atoms with Crippen molar-refractivity contribution < 1.29 is 23.7 Å². The van der Waals surface area contributed by atoms with Crippen LogP contribution in [0.25, 0.3) is 0 Å². The van der Waals surface area contributed by atoms with Crippen molar-refractivity contribution in [3.05, 3.63) is 62.0 Å². The van der Waals surface area contributed by atoms with Gasteiger partial charge in [-0.1, -0.05) is 168 Å². The number of rotatable bonds is 42. The van der Waals surface area contributed by atoms with Crippen LogP contribution >= 0.6 is 0 Å². The Labute approximate surface area is 335 Å². The molecule has 5 nitrogen and oxygen atoms in total. The molecule has 0 heterocycles. The van der Waals surface area contributed by atoms with Gasteiger partial charge in [-0.05, 0) is 76.7 Å². The molecular formula is C49H88O5. The Morgan fingerprint density at radius 3 is 1.41 bits per heavy atom. The highest BCUT2D eigenvalue weighted by Crippen LogP contribution is 2.33. The molecule has 54 heavy (non-hydrogen) atoms. The number of carbonyl (C=O) groups excluding carboxylic acids is 1. The lowest BCUT2D eigenvalue weighted by atomic mass is 9.80. The molecule has 0 aromatic carbocycles. The standard InChI is InChI=1S/C49H88O5/c1-10-16-18-20-22-24-26-30-38-51-40-48(14-5,42-53-46(9)13-4)37-35-45(8)32-28-29-33-47(50)54-43-49(15-6,36-34-44(7)12-3)41-52-39-31-27-25-23-21-19-17-11-2/h12-13H,3-4,7-11,14-43H2,1-2,5-6H3. The lowest BCUT2D eigenvalue weighted by Gasteiger charge is -2.33. The summed E-state index contributed by atoms with van der Waals surface area (Å²) in [5.74, 6) is 0.480. The zero-order valence-corrected chi connectivity index (χ0v) is 36.4. The van der Waals surface area contributed by atoms with E-state index in [4.69, 9.17) is 18.9 Å². The van der Waals surface area contributed by atoms with Gasteiger partial charge in [-0.2, -0.15) is 0 Å². The Morgan fingerprint density at radius 1 is 0.500 bits per heavy atom. The summed E-state index contributed by atoms with van der Waals surface area (Å²) in [6.45, 7) is 32.9. The van der Waals surface area contributed by atoms with Gasteiger partial charge in [0.1, 0.15) is 5.76 Å². The molecule has 0 aromatic heterocycles. The van der Waals surface area contributed by atoms with Crippen molar-refractivity contribution in [1.29, 1.82) is 0 Å². The highest BCUT2D eigenvalue weighted by Gasteiger charge is 2.31. The second-order valence-corrected chi connectivity index (χ2v) is 16.2. The number of ether oxygens (including phenoxy) is 4. The molecule has 0 amide bonds. The van der Waals surface area contributed by atoms with Crippen molar-refractivity contribution in [3.8, 4) is 0 Å². The average Bonchev–Trinajstić information content (AvgIpc) is 3.19. The van der Waals surface area contributed by atoms with Crippen LogP contribution in [-0.4, -0.2) is 45.6 Å². The Balaban J connectivity index is 4.74. The molecular weight excluding hydrogens is 669 g/mol. The summed E-state index contributed by atoms with van der Waals surface area (Å²) in [6, 6.07) is 0. The lowest BCUT2D eigenvalue weighted by Crippen LogP contribution is -2.33. The monoisotopic (exact) mass is 757 g/mol. The van der Waals surface area contributed by atoms with E-state index in [1.54, 1.807) is 6.08 Å². The summed E-state index contributed by atoms with van der Waals surface area (Å²) >= 11 is 0.